The van der Waals surface area contributed by atoms with Gasteiger partial charge >= 0.3 is 5.97 Å². The lowest BCUT2D eigenvalue weighted by Crippen LogP contribution is -2.25. The molecule has 0 heterocycles. The molecule has 0 aromatic heterocycles. The van der Waals surface area contributed by atoms with Gasteiger partial charge in [-0.05, 0) is 30.5 Å². The van der Waals surface area contributed by atoms with E-state index < -0.39 is 5.97 Å². The summed E-state index contributed by atoms with van der Waals surface area (Å²) in [7, 11) is 2.03. The van der Waals surface area contributed by atoms with E-state index in [2.05, 4.69) is 36.1 Å². The number of rotatable bonds is 7. The molecule has 1 aromatic rings. The number of benzene rings is 1. The summed E-state index contributed by atoms with van der Waals surface area (Å²) in [5, 5.41) is 8.73. The lowest BCUT2D eigenvalue weighted by atomic mass is 10.1. The number of aryl methyl sites for hydroxylation is 1. The smallest absolute Gasteiger partial charge is 0.303 e. The third-order valence-electron chi connectivity index (χ3n) is 3.03. The van der Waals surface area contributed by atoms with Gasteiger partial charge in [-0.1, -0.05) is 38.1 Å². The third kappa shape index (κ3) is 5.32. The van der Waals surface area contributed by atoms with Crippen molar-refractivity contribution in [1.82, 2.24) is 4.90 Å². The summed E-state index contributed by atoms with van der Waals surface area (Å²) in [5.74, 6) is -0.536. The van der Waals surface area contributed by atoms with Crippen LogP contribution < -0.4 is 0 Å². The molecule has 3 heteroatoms. The maximum atomic E-state index is 10.6. The molecule has 0 aliphatic heterocycles. The Hall–Kier alpha value is -1.35. The van der Waals surface area contributed by atoms with Crippen molar-refractivity contribution in [2.75, 3.05) is 13.6 Å². The molecule has 0 saturated carbocycles. The molecule has 18 heavy (non-hydrogen) atoms. The van der Waals surface area contributed by atoms with E-state index in [0.717, 1.165) is 19.5 Å². The Balaban J connectivity index is 2.43. The zero-order valence-corrected chi connectivity index (χ0v) is 11.5. The Morgan fingerprint density at radius 1 is 1.28 bits per heavy atom. The highest BCUT2D eigenvalue weighted by Gasteiger charge is 2.10. The van der Waals surface area contributed by atoms with Gasteiger partial charge in [0.1, 0.15) is 0 Å². The predicted octanol–water partition coefficient (Wildman–Crippen LogP) is 2.79. The predicted molar refractivity (Wildman–Crippen MR) is 73.6 cm³/mol. The van der Waals surface area contributed by atoms with Gasteiger partial charge in [0.2, 0.25) is 0 Å². The van der Waals surface area contributed by atoms with Gasteiger partial charge in [0.05, 0.1) is 0 Å². The van der Waals surface area contributed by atoms with Crippen LogP contribution in [-0.4, -0.2) is 29.6 Å². The highest BCUT2D eigenvalue weighted by Crippen LogP contribution is 2.10. The summed E-state index contributed by atoms with van der Waals surface area (Å²) in [4.78, 5) is 12.8. The number of carboxylic acids is 1. The summed E-state index contributed by atoms with van der Waals surface area (Å²) < 4.78 is 0. The highest BCUT2D eigenvalue weighted by molar-refractivity contribution is 5.66. The minimum atomic E-state index is -0.719. The van der Waals surface area contributed by atoms with E-state index in [1.54, 1.807) is 0 Å². The van der Waals surface area contributed by atoms with Crippen LogP contribution >= 0.6 is 0 Å². The molecule has 0 spiro atoms. The van der Waals surface area contributed by atoms with Crippen molar-refractivity contribution >= 4 is 5.97 Å². The molecule has 1 rings (SSSR count). The van der Waals surface area contributed by atoms with E-state index in [4.69, 9.17) is 5.11 Å². The zero-order chi connectivity index (χ0) is 13.5. The molecule has 1 unspecified atom stereocenters. The molecule has 100 valence electrons. The van der Waals surface area contributed by atoms with Gasteiger partial charge in [0.25, 0.3) is 0 Å². The molecule has 1 N–H and O–H groups in total. The summed E-state index contributed by atoms with van der Waals surface area (Å²) in [6.45, 7) is 5.80. The van der Waals surface area contributed by atoms with Crippen LogP contribution in [0.25, 0.3) is 0 Å². The van der Waals surface area contributed by atoms with Crippen LogP contribution in [0, 0.1) is 5.92 Å². The number of carbonyl (C=O) groups is 1. The number of hydrogen-bond acceptors (Lipinski definition) is 2. The molecule has 0 radical (unpaired) electrons. The van der Waals surface area contributed by atoms with Crippen LogP contribution in [0.2, 0.25) is 0 Å². The number of nitrogens with zero attached hydrogens (tertiary/aromatic N) is 1. The Morgan fingerprint density at radius 3 is 2.33 bits per heavy atom. The number of carboxylic acid groups (broad SMARTS) is 1. The fourth-order valence-corrected chi connectivity index (χ4v) is 2.15. The number of aliphatic carboxylic acids is 1. The SMILES string of the molecule is CCc1ccc(CN(C)CC(C)CC(=O)O)cc1. The molecular formula is C15H23NO2. The largest absolute Gasteiger partial charge is 0.481 e. The standard InChI is InChI=1S/C15H23NO2/c1-4-13-5-7-14(8-6-13)11-16(3)10-12(2)9-15(17)18/h5-8,12H,4,9-11H2,1-3H3,(H,17,18). The third-order valence-corrected chi connectivity index (χ3v) is 3.03. The summed E-state index contributed by atoms with van der Waals surface area (Å²) in [6.07, 6.45) is 1.30. The molecule has 0 amide bonds. The minimum absolute atomic E-state index is 0.183. The first-order valence-electron chi connectivity index (χ1n) is 6.49. The van der Waals surface area contributed by atoms with Crippen molar-refractivity contribution in [1.29, 1.82) is 0 Å². The fourth-order valence-electron chi connectivity index (χ4n) is 2.15. The molecule has 0 bridgehead atoms. The molecule has 1 aromatic carbocycles. The van der Waals surface area contributed by atoms with Crippen LogP contribution in [0.1, 0.15) is 31.4 Å². The summed E-state index contributed by atoms with van der Waals surface area (Å²) in [5.41, 5.74) is 2.62. The average Bonchev–Trinajstić information content (AvgIpc) is 2.28. The molecule has 3 nitrogen and oxygen atoms in total. The van der Waals surface area contributed by atoms with E-state index in [1.807, 2.05) is 14.0 Å². The lowest BCUT2D eigenvalue weighted by Gasteiger charge is -2.20. The van der Waals surface area contributed by atoms with Gasteiger partial charge in [-0.15, -0.1) is 0 Å². The zero-order valence-electron chi connectivity index (χ0n) is 11.5. The fraction of sp³-hybridized carbons (Fsp3) is 0.533. The van der Waals surface area contributed by atoms with Crippen molar-refractivity contribution in [3.63, 3.8) is 0 Å². The van der Waals surface area contributed by atoms with Crippen LogP contribution in [-0.2, 0) is 17.8 Å². The second-order valence-corrected chi connectivity index (χ2v) is 5.07. The van der Waals surface area contributed by atoms with Crippen LogP contribution in [0.3, 0.4) is 0 Å². The molecule has 0 aliphatic rings. The first-order valence-corrected chi connectivity index (χ1v) is 6.49. The van der Waals surface area contributed by atoms with Crippen LogP contribution in [0.5, 0.6) is 0 Å². The van der Waals surface area contributed by atoms with Crippen LogP contribution in [0.15, 0.2) is 24.3 Å². The first kappa shape index (κ1) is 14.7. The van der Waals surface area contributed by atoms with Gasteiger partial charge in [0.15, 0.2) is 0 Å². The minimum Gasteiger partial charge on any atom is -0.481 e. The molecule has 0 fully saturated rings. The maximum Gasteiger partial charge on any atom is 0.303 e. The van der Waals surface area contributed by atoms with E-state index in [-0.39, 0.29) is 12.3 Å². The van der Waals surface area contributed by atoms with E-state index in [0.29, 0.717) is 0 Å². The quantitative estimate of drug-likeness (QED) is 0.807. The summed E-state index contributed by atoms with van der Waals surface area (Å²) >= 11 is 0. The van der Waals surface area contributed by atoms with E-state index >= 15 is 0 Å². The normalized spacial score (nSPS) is 12.7. The number of hydrogen-bond donors (Lipinski definition) is 1. The second-order valence-electron chi connectivity index (χ2n) is 5.07. The van der Waals surface area contributed by atoms with Crippen LogP contribution in [0.4, 0.5) is 0 Å². The highest BCUT2D eigenvalue weighted by atomic mass is 16.4. The van der Waals surface area contributed by atoms with Gasteiger partial charge in [-0.3, -0.25) is 4.79 Å². The second kappa shape index (κ2) is 7.17. The molecule has 0 aliphatic carbocycles. The van der Waals surface area contributed by atoms with Gasteiger partial charge in [0, 0.05) is 19.5 Å². The Labute approximate surface area is 109 Å². The van der Waals surface area contributed by atoms with E-state index in [1.165, 1.54) is 11.1 Å². The Bertz CT molecular complexity index is 373. The van der Waals surface area contributed by atoms with Crippen molar-refractivity contribution in [2.45, 2.75) is 33.2 Å². The Kier molecular flexibility index (Phi) is 5.86. The summed E-state index contributed by atoms with van der Waals surface area (Å²) in [6, 6.07) is 8.61. The van der Waals surface area contributed by atoms with Crippen molar-refractivity contribution in [3.05, 3.63) is 35.4 Å². The van der Waals surface area contributed by atoms with E-state index in [9.17, 15) is 4.79 Å². The monoisotopic (exact) mass is 249 g/mol. The molecular weight excluding hydrogens is 226 g/mol. The van der Waals surface area contributed by atoms with Crippen molar-refractivity contribution in [3.8, 4) is 0 Å². The average molecular weight is 249 g/mol. The van der Waals surface area contributed by atoms with Gasteiger partial charge in [-0.25, -0.2) is 0 Å². The lowest BCUT2D eigenvalue weighted by molar-refractivity contribution is -0.138. The van der Waals surface area contributed by atoms with Crippen molar-refractivity contribution in [2.24, 2.45) is 5.92 Å². The molecule has 1 atom stereocenters. The van der Waals surface area contributed by atoms with Gasteiger partial charge in [-0.2, -0.15) is 0 Å². The van der Waals surface area contributed by atoms with Gasteiger partial charge < -0.3 is 10.0 Å². The first-order chi connectivity index (χ1) is 8.51. The topological polar surface area (TPSA) is 40.5 Å². The van der Waals surface area contributed by atoms with Crippen molar-refractivity contribution < 1.29 is 9.90 Å². The molecule has 0 saturated heterocycles. The Morgan fingerprint density at radius 2 is 1.83 bits per heavy atom. The maximum absolute atomic E-state index is 10.6.